The highest BCUT2D eigenvalue weighted by atomic mass is 15.4. The Morgan fingerprint density at radius 1 is 0.343 bits per heavy atom. The van der Waals surface area contributed by atoms with Gasteiger partial charge in [0.25, 0.3) is 0 Å². The van der Waals surface area contributed by atoms with Gasteiger partial charge in [0, 0.05) is 56.4 Å². The van der Waals surface area contributed by atoms with Crippen molar-refractivity contribution in [1.29, 1.82) is 0 Å². The van der Waals surface area contributed by atoms with Gasteiger partial charge >= 0.3 is 0 Å². The lowest BCUT2D eigenvalue weighted by atomic mass is 9.83. The molecule has 346 valence electrons. The van der Waals surface area contributed by atoms with Crippen LogP contribution in [0.1, 0.15) is 69.2 Å². The summed E-state index contributed by atoms with van der Waals surface area (Å²) >= 11 is 0. The standard InChI is InChI=1S/C62H58N8/c1-39-65-59(3,4)61(7,8)69(39)57-31-25-45(37-63-57)43-23-29-55-51(35-43)49-33-41(21-27-53(49)67(55)47-17-13-11-14-18-47)42-22-28-54-50(34-42)52-36-44(24-30-56(52)68(54)48-19-15-12-16-20-48)46-26-32-58(64-38-46)70-40(2)66-60(5,6)62(70,9)10/h11-38H,1-10H3. The largest absolute Gasteiger partial charge is 0.309 e. The number of aliphatic imine (C=N–C) groups is 2. The molecule has 0 amide bonds. The molecule has 6 heterocycles. The molecule has 12 rings (SSSR count). The number of benzene rings is 6. The molecule has 8 nitrogen and oxygen atoms in total. The van der Waals surface area contributed by atoms with Gasteiger partial charge in [0.15, 0.2) is 0 Å². The van der Waals surface area contributed by atoms with Crippen LogP contribution in [-0.4, -0.2) is 52.9 Å². The maximum Gasteiger partial charge on any atom is 0.134 e. The van der Waals surface area contributed by atoms with Crippen LogP contribution in [0, 0.1) is 0 Å². The zero-order valence-electron chi connectivity index (χ0n) is 41.7. The zero-order valence-corrected chi connectivity index (χ0v) is 41.7. The second kappa shape index (κ2) is 15.3. The van der Waals surface area contributed by atoms with Crippen LogP contribution < -0.4 is 9.80 Å². The average Bonchev–Trinajstić information content (AvgIpc) is 3.96. The molecule has 6 aromatic carbocycles. The molecule has 4 aromatic heterocycles. The third-order valence-corrected chi connectivity index (χ3v) is 16.2. The average molecular weight is 915 g/mol. The number of pyridine rings is 2. The first-order valence-electron chi connectivity index (χ1n) is 24.5. The van der Waals surface area contributed by atoms with Gasteiger partial charge in [-0.25, -0.2) is 9.97 Å². The van der Waals surface area contributed by atoms with Crippen molar-refractivity contribution in [2.75, 3.05) is 9.80 Å². The van der Waals surface area contributed by atoms with E-state index in [1.807, 2.05) is 12.4 Å². The van der Waals surface area contributed by atoms with Crippen molar-refractivity contribution < 1.29 is 0 Å². The predicted octanol–water partition coefficient (Wildman–Crippen LogP) is 15.3. The lowest BCUT2D eigenvalue weighted by molar-refractivity contribution is 0.337. The zero-order chi connectivity index (χ0) is 48.5. The van der Waals surface area contributed by atoms with E-state index in [0.717, 1.165) is 90.1 Å². The van der Waals surface area contributed by atoms with Crippen molar-refractivity contribution in [1.82, 2.24) is 19.1 Å². The number of para-hydroxylation sites is 2. The van der Waals surface area contributed by atoms with Crippen molar-refractivity contribution in [3.63, 3.8) is 0 Å². The molecular weight excluding hydrogens is 857 g/mol. The van der Waals surface area contributed by atoms with E-state index in [0.29, 0.717) is 0 Å². The molecule has 0 saturated heterocycles. The van der Waals surface area contributed by atoms with Crippen molar-refractivity contribution in [2.24, 2.45) is 9.98 Å². The van der Waals surface area contributed by atoms with E-state index in [-0.39, 0.29) is 22.2 Å². The highest BCUT2D eigenvalue weighted by molar-refractivity contribution is 6.14. The topological polar surface area (TPSA) is 66.8 Å². The Labute approximate surface area is 410 Å². The molecular formula is C62H58N8. The first-order valence-corrected chi connectivity index (χ1v) is 24.5. The molecule has 8 heteroatoms. The van der Waals surface area contributed by atoms with Gasteiger partial charge in [-0.2, -0.15) is 0 Å². The molecule has 0 unspecified atom stereocenters. The number of hydrogen-bond donors (Lipinski definition) is 0. The number of hydrogen-bond acceptors (Lipinski definition) is 6. The number of anilines is 2. The number of rotatable bonds is 7. The van der Waals surface area contributed by atoms with Crippen molar-refractivity contribution in [2.45, 2.75) is 91.4 Å². The smallest absolute Gasteiger partial charge is 0.134 e. The molecule has 2 aliphatic heterocycles. The van der Waals surface area contributed by atoms with E-state index in [1.165, 1.54) is 21.5 Å². The maximum atomic E-state index is 5.05. The molecule has 0 N–H and O–H groups in total. The van der Waals surface area contributed by atoms with E-state index >= 15 is 0 Å². The fourth-order valence-electron chi connectivity index (χ4n) is 11.3. The molecule has 2 aliphatic rings. The van der Waals surface area contributed by atoms with Crippen LogP contribution in [0.25, 0.3) is 88.4 Å². The van der Waals surface area contributed by atoms with Crippen LogP contribution in [-0.2, 0) is 0 Å². The summed E-state index contributed by atoms with van der Waals surface area (Å²) in [6.07, 6.45) is 4.02. The third kappa shape index (κ3) is 6.49. The summed E-state index contributed by atoms with van der Waals surface area (Å²) in [5, 5.41) is 4.78. The van der Waals surface area contributed by atoms with Crippen LogP contribution in [0.4, 0.5) is 11.6 Å². The molecule has 0 saturated carbocycles. The van der Waals surface area contributed by atoms with Gasteiger partial charge in [0.1, 0.15) is 23.3 Å². The van der Waals surface area contributed by atoms with Crippen LogP contribution in [0.2, 0.25) is 0 Å². The quantitative estimate of drug-likeness (QED) is 0.160. The highest BCUT2D eigenvalue weighted by Gasteiger charge is 2.49. The number of fused-ring (bicyclic) bond motifs is 6. The van der Waals surface area contributed by atoms with Crippen LogP contribution in [0.15, 0.2) is 180 Å². The summed E-state index contributed by atoms with van der Waals surface area (Å²) in [6.45, 7) is 21.9. The Hall–Kier alpha value is -7.84. The highest BCUT2D eigenvalue weighted by Crippen LogP contribution is 2.44. The Kier molecular flexibility index (Phi) is 9.51. The van der Waals surface area contributed by atoms with Crippen molar-refractivity contribution in [3.8, 4) is 44.8 Å². The summed E-state index contributed by atoms with van der Waals surface area (Å²) < 4.78 is 4.78. The summed E-state index contributed by atoms with van der Waals surface area (Å²) in [5.74, 6) is 3.80. The maximum absolute atomic E-state index is 5.05. The number of amidine groups is 2. The van der Waals surface area contributed by atoms with E-state index < -0.39 is 0 Å². The summed E-state index contributed by atoms with van der Waals surface area (Å²) in [4.78, 5) is 24.6. The first-order chi connectivity index (χ1) is 33.5. The summed E-state index contributed by atoms with van der Waals surface area (Å²) in [7, 11) is 0. The van der Waals surface area contributed by atoms with Gasteiger partial charge in [-0.05, 0) is 189 Å². The summed E-state index contributed by atoms with van der Waals surface area (Å²) in [5.41, 5.74) is 12.7. The van der Waals surface area contributed by atoms with E-state index in [1.54, 1.807) is 0 Å². The molecule has 0 aliphatic carbocycles. The van der Waals surface area contributed by atoms with Crippen LogP contribution in [0.3, 0.4) is 0 Å². The van der Waals surface area contributed by atoms with E-state index in [9.17, 15) is 0 Å². The molecule has 70 heavy (non-hydrogen) atoms. The van der Waals surface area contributed by atoms with Crippen LogP contribution >= 0.6 is 0 Å². The van der Waals surface area contributed by atoms with E-state index in [2.05, 4.69) is 246 Å². The van der Waals surface area contributed by atoms with Crippen molar-refractivity contribution in [3.05, 3.63) is 170 Å². The van der Waals surface area contributed by atoms with Gasteiger partial charge in [0.05, 0.1) is 44.2 Å². The van der Waals surface area contributed by atoms with E-state index in [4.69, 9.17) is 20.0 Å². The lowest BCUT2D eigenvalue weighted by Gasteiger charge is -2.40. The fourth-order valence-corrected chi connectivity index (χ4v) is 11.3. The minimum absolute atomic E-state index is 0.211. The molecule has 0 spiro atoms. The molecule has 0 radical (unpaired) electrons. The Morgan fingerprint density at radius 3 is 0.914 bits per heavy atom. The second-order valence-corrected chi connectivity index (χ2v) is 21.3. The first kappa shape index (κ1) is 43.4. The molecule has 10 aromatic rings. The van der Waals surface area contributed by atoms with Gasteiger partial charge in [0.2, 0.25) is 0 Å². The van der Waals surface area contributed by atoms with Gasteiger partial charge in [-0.15, -0.1) is 0 Å². The Bertz CT molecular complexity index is 3530. The fraction of sp³-hybridized carbons (Fsp3) is 0.226. The van der Waals surface area contributed by atoms with Crippen LogP contribution in [0.5, 0.6) is 0 Å². The molecule has 0 bridgehead atoms. The Balaban J connectivity index is 0.972. The minimum atomic E-state index is -0.227. The van der Waals surface area contributed by atoms with Gasteiger partial charge in [-0.3, -0.25) is 9.98 Å². The van der Waals surface area contributed by atoms with Gasteiger partial charge < -0.3 is 18.9 Å². The van der Waals surface area contributed by atoms with Crippen molar-refractivity contribution >= 4 is 66.9 Å². The number of nitrogens with zero attached hydrogens (tertiary/aromatic N) is 8. The number of aromatic nitrogens is 4. The second-order valence-electron chi connectivity index (χ2n) is 21.3. The minimum Gasteiger partial charge on any atom is -0.309 e. The lowest BCUT2D eigenvalue weighted by Crippen LogP contribution is -2.53. The molecule has 0 atom stereocenters. The SMILES string of the molecule is CC1=NC(C)(C)C(C)(C)N1c1ccc(-c2ccc3c(c2)c2cc(-c4ccc5c(c4)c4cc(-c6ccc(N7C(C)=NC(C)(C)C7(C)C)nc6)ccc4n5-c4ccccc4)ccc2n3-c2ccccc2)cn1. The Morgan fingerprint density at radius 2 is 0.643 bits per heavy atom. The normalized spacial score (nSPS) is 17.0. The predicted molar refractivity (Wildman–Crippen MR) is 295 cm³/mol. The monoisotopic (exact) mass is 914 g/mol. The summed E-state index contributed by atoms with van der Waals surface area (Å²) in [6, 6.07) is 57.6. The molecule has 0 fully saturated rings. The van der Waals surface area contributed by atoms with Gasteiger partial charge in [-0.1, -0.05) is 60.7 Å². The third-order valence-electron chi connectivity index (χ3n) is 16.2.